The smallest absolute Gasteiger partial charge is 0.326 e. The molecular weight excluding hydrogens is 1140 g/mol. The number of carbonyl (C=O) groups is 11. The minimum absolute atomic E-state index is 0.0714. The van der Waals surface area contributed by atoms with Gasteiger partial charge in [0.2, 0.25) is 59.1 Å². The van der Waals surface area contributed by atoms with Crippen LogP contribution in [0.4, 0.5) is 0 Å². The number of carboxylic acids is 1. The zero-order valence-corrected chi connectivity index (χ0v) is 49.1. The molecule has 30 heteroatoms. The molecule has 2 aromatic rings. The van der Waals surface area contributed by atoms with Crippen molar-refractivity contribution in [2.75, 3.05) is 48.1 Å². The Morgan fingerprint density at radius 3 is 1.31 bits per heavy atom. The Labute approximate surface area is 490 Å². The van der Waals surface area contributed by atoms with Crippen LogP contribution in [0.1, 0.15) is 57.6 Å². The normalized spacial score (nSPS) is 14.4. The van der Waals surface area contributed by atoms with Gasteiger partial charge in [-0.1, -0.05) is 38.1 Å². The first-order chi connectivity index (χ1) is 37.9. The predicted octanol–water partition coefficient (Wildman–Crippen LogP) is -2.28. The van der Waals surface area contributed by atoms with Gasteiger partial charge in [0.1, 0.15) is 65.9 Å². The van der Waals surface area contributed by atoms with E-state index in [4.69, 9.17) is 5.73 Å². The van der Waals surface area contributed by atoms with Gasteiger partial charge in [-0.25, -0.2) is 4.79 Å². The third-order valence-corrected chi connectivity index (χ3v) is 13.9. The van der Waals surface area contributed by atoms with Crippen LogP contribution in [0.25, 0.3) is 0 Å². The summed E-state index contributed by atoms with van der Waals surface area (Å²) in [4.78, 5) is 146. The van der Waals surface area contributed by atoms with Crippen molar-refractivity contribution in [3.05, 3.63) is 59.7 Å². The van der Waals surface area contributed by atoms with Crippen molar-refractivity contribution in [1.29, 1.82) is 0 Å². The summed E-state index contributed by atoms with van der Waals surface area (Å²) in [7, 11) is 0. The monoisotopic (exact) mass is 1210 g/mol. The van der Waals surface area contributed by atoms with Crippen molar-refractivity contribution in [1.82, 2.24) is 53.2 Å². The number of nitrogens with one attached hydrogen (secondary N) is 10. The molecule has 0 aliphatic carbocycles. The van der Waals surface area contributed by atoms with E-state index in [-0.39, 0.29) is 66.7 Å². The molecule has 0 heterocycles. The SMILES string of the molecule is CSCC[C@H](NC(=O)[C@H](CCCCN)NC(=O)[C@H](Cc1ccc(O)cc1)NC(=O)CNC(=O)[C@H](Cc1ccc(O)cc1)NC(=O)[C@H](CS)NC(=O)[C@H](CS)NC(=O)[C@@H](NC(=O)[C@H](CS)NC(=O)[C@H](CS)NC(C)=O)C(C)C)C(=O)O. The maximum atomic E-state index is 14.0. The van der Waals surface area contributed by atoms with E-state index in [9.17, 15) is 68.1 Å². The summed E-state index contributed by atoms with van der Waals surface area (Å²) in [5, 5.41) is 54.6. The molecule has 0 spiro atoms. The lowest BCUT2D eigenvalue weighted by Gasteiger charge is -2.28. The quantitative estimate of drug-likeness (QED) is 0.0253. The van der Waals surface area contributed by atoms with Gasteiger partial charge in [-0.15, -0.1) is 0 Å². The largest absolute Gasteiger partial charge is 0.508 e. The first-order valence-electron chi connectivity index (χ1n) is 25.3. The Kier molecular flexibility index (Phi) is 32.4. The molecule has 0 aliphatic rings. The number of benzene rings is 2. The van der Waals surface area contributed by atoms with Crippen LogP contribution < -0.4 is 58.9 Å². The van der Waals surface area contributed by atoms with Gasteiger partial charge >= 0.3 is 5.97 Å². The molecule has 0 unspecified atom stereocenters. The second kappa shape index (κ2) is 37.0. The fourth-order valence-corrected chi connectivity index (χ4v) is 8.88. The van der Waals surface area contributed by atoms with Crippen LogP contribution in [0.15, 0.2) is 48.5 Å². The van der Waals surface area contributed by atoms with Crippen molar-refractivity contribution >= 4 is 127 Å². The van der Waals surface area contributed by atoms with Crippen molar-refractivity contribution in [2.24, 2.45) is 11.7 Å². The number of phenols is 2. The Morgan fingerprint density at radius 1 is 0.500 bits per heavy atom. The molecule has 9 atom stereocenters. The predicted molar refractivity (Wildman–Crippen MR) is 313 cm³/mol. The average molecular weight is 1210 g/mol. The lowest BCUT2D eigenvalue weighted by Crippen LogP contribution is -2.61. The number of aromatic hydroxyl groups is 2. The standard InChI is InChI=1S/C50H75N11O14S5/c1-26(2)41(61-48(72)39(25-79)59-45(69)36(22-76)53-27(3)62)49(73)60-38(24-78)47(71)58-37(23-77)46(70)57-34(19-28-8-12-30(63)13-9-28)42(66)52-21-40(65)54-35(20-29-10-14-31(64)15-11-29)44(68)55-32(7-5-6-17-51)43(67)56-33(50(74)75)16-18-80-4/h8-15,26,32-39,41,63-64,76-79H,5-7,16-25,51H2,1-4H3,(H,52,66)(H,53,62)(H,54,65)(H,55,68)(H,56,67)(H,57,70)(H,58,71)(H,59,69)(H,60,73)(H,61,72)(H,74,75)/t32-,33-,34-,35-,36-,37-,38-,39-,41-/m0/s1. The van der Waals surface area contributed by atoms with Crippen LogP contribution >= 0.6 is 62.3 Å². The zero-order chi connectivity index (χ0) is 60.1. The summed E-state index contributed by atoms with van der Waals surface area (Å²) >= 11 is 18.1. The number of hydrogen-bond acceptors (Lipinski definition) is 19. The molecular formula is C50H75N11O14S5. The maximum absolute atomic E-state index is 14.0. The Morgan fingerprint density at radius 2 is 0.887 bits per heavy atom. The van der Waals surface area contributed by atoms with Crippen molar-refractivity contribution in [2.45, 2.75) is 114 Å². The fourth-order valence-electron chi connectivity index (χ4n) is 7.38. The van der Waals surface area contributed by atoms with Crippen molar-refractivity contribution < 1.29 is 68.1 Å². The van der Waals surface area contributed by atoms with E-state index in [1.165, 1.54) is 67.2 Å². The molecule has 2 rings (SSSR count). The number of carbonyl (C=O) groups excluding carboxylic acids is 10. The molecule has 0 aromatic heterocycles. The van der Waals surface area contributed by atoms with Crippen LogP contribution in [-0.2, 0) is 65.6 Å². The molecule has 25 nitrogen and oxygen atoms in total. The second-order valence-corrected chi connectivity index (χ2v) is 21.0. The van der Waals surface area contributed by atoms with Crippen LogP contribution in [0.3, 0.4) is 0 Å². The summed E-state index contributed by atoms with van der Waals surface area (Å²) in [6, 6.07) is -0.436. The van der Waals surface area contributed by atoms with E-state index in [0.717, 1.165) is 0 Å². The lowest BCUT2D eigenvalue weighted by molar-refractivity contribution is -0.142. The summed E-state index contributed by atoms with van der Waals surface area (Å²) < 4.78 is 0. The Hall–Kier alpha value is -6.08. The van der Waals surface area contributed by atoms with Crippen molar-refractivity contribution in [3.63, 3.8) is 0 Å². The van der Waals surface area contributed by atoms with E-state index in [1.807, 2.05) is 0 Å². The van der Waals surface area contributed by atoms with Gasteiger partial charge in [0.15, 0.2) is 0 Å². The molecule has 10 amide bonds. The Balaban J connectivity index is 2.31. The molecule has 0 fully saturated rings. The van der Waals surface area contributed by atoms with E-state index < -0.39 is 132 Å². The average Bonchev–Trinajstić information content (AvgIpc) is 3.41. The van der Waals surface area contributed by atoms with Gasteiger partial charge in [0, 0.05) is 42.8 Å². The number of amides is 10. The van der Waals surface area contributed by atoms with Crippen LogP contribution in [-0.4, -0.2) is 183 Å². The molecule has 80 heavy (non-hydrogen) atoms. The number of phenolic OH excluding ortho intramolecular Hbond substituents is 2. The fraction of sp³-hybridized carbons (Fsp3) is 0.540. The number of aliphatic carboxylic acids is 1. The highest BCUT2D eigenvalue weighted by Crippen LogP contribution is 2.15. The van der Waals surface area contributed by atoms with Crippen LogP contribution in [0.2, 0.25) is 0 Å². The van der Waals surface area contributed by atoms with Gasteiger partial charge in [-0.2, -0.15) is 62.3 Å². The molecule has 0 saturated carbocycles. The molecule has 0 bridgehead atoms. The minimum atomic E-state index is -1.45. The lowest BCUT2D eigenvalue weighted by atomic mass is 10.0. The number of unbranched alkanes of at least 4 members (excludes halogenated alkanes) is 1. The highest BCUT2D eigenvalue weighted by atomic mass is 32.2. The highest BCUT2D eigenvalue weighted by molar-refractivity contribution is 7.98. The summed E-state index contributed by atoms with van der Waals surface area (Å²) in [5.41, 5.74) is 6.58. The molecule has 0 aliphatic heterocycles. The zero-order valence-electron chi connectivity index (χ0n) is 44.7. The number of hydrogen-bond donors (Lipinski definition) is 18. The maximum Gasteiger partial charge on any atom is 0.326 e. The van der Waals surface area contributed by atoms with Gasteiger partial charge in [0.05, 0.1) is 6.54 Å². The van der Waals surface area contributed by atoms with Gasteiger partial charge < -0.3 is 74.2 Å². The number of thiol groups is 4. The number of nitrogens with two attached hydrogens (primary N) is 1. The molecule has 0 radical (unpaired) electrons. The molecule has 444 valence electrons. The van der Waals surface area contributed by atoms with Crippen LogP contribution in [0, 0.1) is 5.92 Å². The first kappa shape index (κ1) is 70.0. The highest BCUT2D eigenvalue weighted by Gasteiger charge is 2.35. The van der Waals surface area contributed by atoms with E-state index in [1.54, 1.807) is 20.1 Å². The van der Waals surface area contributed by atoms with Gasteiger partial charge in [-0.3, -0.25) is 47.9 Å². The first-order valence-corrected chi connectivity index (χ1v) is 29.2. The third kappa shape index (κ3) is 25.2. The summed E-state index contributed by atoms with van der Waals surface area (Å²) in [5.74, 6) is -10.6. The molecule has 2 aromatic carbocycles. The van der Waals surface area contributed by atoms with E-state index >= 15 is 0 Å². The number of thioether (sulfide) groups is 1. The van der Waals surface area contributed by atoms with E-state index in [0.29, 0.717) is 29.7 Å². The van der Waals surface area contributed by atoms with Gasteiger partial charge in [-0.05, 0) is 85.5 Å². The van der Waals surface area contributed by atoms with Gasteiger partial charge in [0.25, 0.3) is 0 Å². The summed E-state index contributed by atoms with van der Waals surface area (Å²) in [6.07, 6.45) is 2.43. The minimum Gasteiger partial charge on any atom is -0.508 e. The Bertz CT molecular complexity index is 2410. The summed E-state index contributed by atoms with van der Waals surface area (Å²) in [6.45, 7) is 3.94. The third-order valence-electron chi connectivity index (χ3n) is 11.8. The topological polar surface area (TPSA) is 395 Å². The molecule has 15 N–H and O–H groups in total. The second-order valence-electron chi connectivity index (χ2n) is 18.6. The molecule has 0 saturated heterocycles. The number of carboxylic acid groups (broad SMARTS) is 1. The van der Waals surface area contributed by atoms with Crippen LogP contribution in [0.5, 0.6) is 11.5 Å². The van der Waals surface area contributed by atoms with Crippen molar-refractivity contribution in [3.8, 4) is 11.5 Å². The number of rotatable bonds is 36. The van der Waals surface area contributed by atoms with E-state index in [2.05, 4.69) is 104 Å².